The molecule has 0 N–H and O–H groups in total. The van der Waals surface area contributed by atoms with Crippen LogP contribution < -0.4 is 0 Å². The second-order valence-electron chi connectivity index (χ2n) is 1.34. The van der Waals surface area contributed by atoms with Gasteiger partial charge in [-0.25, -0.2) is 4.39 Å². The lowest BCUT2D eigenvalue weighted by Crippen LogP contribution is -1.87. The maximum Gasteiger partial charge on any atom is 0.189 e. The SMILES string of the molecule is Cn1n[c]c(F)c1Cl. The number of hydrogen-bond donors (Lipinski definition) is 0. The summed E-state index contributed by atoms with van der Waals surface area (Å²) in [5.74, 6) is -0.603. The normalized spacial score (nSPS) is 9.88. The van der Waals surface area contributed by atoms with Gasteiger partial charge in [0.1, 0.15) is 0 Å². The summed E-state index contributed by atoms with van der Waals surface area (Å²) in [6.07, 6.45) is 2.05. The first-order chi connectivity index (χ1) is 3.72. The van der Waals surface area contributed by atoms with Crippen LogP contribution in [0.5, 0.6) is 0 Å². The van der Waals surface area contributed by atoms with Crippen LogP contribution in [0.1, 0.15) is 0 Å². The topological polar surface area (TPSA) is 17.8 Å². The van der Waals surface area contributed by atoms with E-state index in [0.717, 1.165) is 0 Å². The van der Waals surface area contributed by atoms with Gasteiger partial charge < -0.3 is 0 Å². The van der Waals surface area contributed by atoms with Crippen LogP contribution in [0.3, 0.4) is 0 Å². The molecule has 1 aromatic heterocycles. The van der Waals surface area contributed by atoms with Crippen molar-refractivity contribution < 1.29 is 4.39 Å². The van der Waals surface area contributed by atoms with Gasteiger partial charge in [0.15, 0.2) is 17.2 Å². The molecular weight excluding hydrogens is 131 g/mol. The van der Waals surface area contributed by atoms with Gasteiger partial charge in [0.2, 0.25) is 0 Å². The molecule has 0 bridgehead atoms. The van der Waals surface area contributed by atoms with Crippen LogP contribution in [0.15, 0.2) is 0 Å². The number of rotatable bonds is 0. The summed E-state index contributed by atoms with van der Waals surface area (Å²) >= 11 is 5.29. The van der Waals surface area contributed by atoms with Crippen molar-refractivity contribution in [1.29, 1.82) is 0 Å². The molecule has 43 valence electrons. The zero-order valence-electron chi connectivity index (χ0n) is 4.15. The lowest BCUT2D eigenvalue weighted by Gasteiger charge is -1.85. The Hall–Kier alpha value is -0.570. The van der Waals surface area contributed by atoms with Crippen LogP contribution >= 0.6 is 11.6 Å². The van der Waals surface area contributed by atoms with Crippen molar-refractivity contribution in [3.8, 4) is 0 Å². The molecule has 0 aromatic carbocycles. The molecule has 1 rings (SSSR count). The zero-order chi connectivity index (χ0) is 6.15. The van der Waals surface area contributed by atoms with Crippen molar-refractivity contribution >= 4 is 11.6 Å². The van der Waals surface area contributed by atoms with Crippen molar-refractivity contribution in [2.75, 3.05) is 0 Å². The maximum atomic E-state index is 12.1. The molecule has 1 aromatic rings. The van der Waals surface area contributed by atoms with Crippen LogP contribution in [0.4, 0.5) is 4.39 Å². The molecule has 0 saturated carbocycles. The van der Waals surface area contributed by atoms with E-state index in [1.807, 2.05) is 0 Å². The van der Waals surface area contributed by atoms with Gasteiger partial charge in [0.25, 0.3) is 0 Å². The molecule has 4 heteroatoms. The van der Waals surface area contributed by atoms with Gasteiger partial charge in [-0.1, -0.05) is 11.6 Å². The van der Waals surface area contributed by atoms with Gasteiger partial charge >= 0.3 is 0 Å². The highest BCUT2D eigenvalue weighted by atomic mass is 35.5. The smallest absolute Gasteiger partial charge is 0.189 e. The summed E-state index contributed by atoms with van der Waals surface area (Å²) in [5.41, 5.74) is 0. The number of nitrogens with zero attached hydrogens (tertiary/aromatic N) is 2. The van der Waals surface area contributed by atoms with Gasteiger partial charge in [0, 0.05) is 7.05 Å². The molecule has 0 aliphatic carbocycles. The van der Waals surface area contributed by atoms with Gasteiger partial charge in [-0.3, -0.25) is 4.68 Å². The minimum absolute atomic E-state index is 0.00926. The van der Waals surface area contributed by atoms with Crippen LogP contribution in [-0.4, -0.2) is 9.78 Å². The van der Waals surface area contributed by atoms with E-state index in [9.17, 15) is 4.39 Å². The summed E-state index contributed by atoms with van der Waals surface area (Å²) in [4.78, 5) is 0. The van der Waals surface area contributed by atoms with Crippen LogP contribution in [0, 0.1) is 12.0 Å². The molecule has 0 aliphatic heterocycles. The fourth-order valence-electron chi connectivity index (χ4n) is 0.351. The predicted octanol–water partition coefficient (Wildman–Crippen LogP) is 1.01. The molecule has 1 heterocycles. The lowest BCUT2D eigenvalue weighted by atomic mass is 10.7. The van der Waals surface area contributed by atoms with Crippen LogP contribution in [0.25, 0.3) is 0 Å². The molecule has 0 amide bonds. The van der Waals surface area contributed by atoms with E-state index in [4.69, 9.17) is 11.6 Å². The van der Waals surface area contributed by atoms with E-state index in [1.54, 1.807) is 7.05 Å². The molecular formula is C4H3ClFN2. The first-order valence-electron chi connectivity index (χ1n) is 1.97. The number of aromatic nitrogens is 2. The third-order valence-corrected chi connectivity index (χ3v) is 1.17. The van der Waals surface area contributed by atoms with Crippen LogP contribution in [0.2, 0.25) is 5.15 Å². The Balaban J connectivity index is 3.19. The first kappa shape index (κ1) is 5.56. The quantitative estimate of drug-likeness (QED) is 0.517. The zero-order valence-corrected chi connectivity index (χ0v) is 4.91. The Morgan fingerprint density at radius 2 is 2.50 bits per heavy atom. The van der Waals surface area contributed by atoms with Gasteiger partial charge in [-0.05, 0) is 0 Å². The molecule has 0 unspecified atom stereocenters. The fraction of sp³-hybridized carbons (Fsp3) is 0.250. The molecule has 8 heavy (non-hydrogen) atoms. The van der Waals surface area contributed by atoms with Crippen molar-refractivity contribution in [3.63, 3.8) is 0 Å². The highest BCUT2D eigenvalue weighted by Gasteiger charge is 2.02. The lowest BCUT2D eigenvalue weighted by molar-refractivity contribution is 0.623. The summed E-state index contributed by atoms with van der Waals surface area (Å²) in [7, 11) is 1.54. The molecule has 1 radical (unpaired) electrons. The van der Waals surface area contributed by atoms with Crippen molar-refractivity contribution in [3.05, 3.63) is 17.2 Å². The largest absolute Gasteiger partial charge is 0.254 e. The van der Waals surface area contributed by atoms with Gasteiger partial charge in [-0.2, -0.15) is 5.10 Å². The molecule has 0 atom stereocenters. The fourth-order valence-corrected chi connectivity index (χ4v) is 0.431. The van der Waals surface area contributed by atoms with E-state index >= 15 is 0 Å². The highest BCUT2D eigenvalue weighted by Crippen LogP contribution is 2.09. The average molecular weight is 134 g/mol. The van der Waals surface area contributed by atoms with E-state index in [-0.39, 0.29) is 5.15 Å². The second kappa shape index (κ2) is 1.74. The summed E-state index contributed by atoms with van der Waals surface area (Å²) in [6.45, 7) is 0. The Bertz CT molecular complexity index is 176. The standard InChI is InChI=1S/C4H3ClFN2/c1-8-4(5)3(6)2-7-8/h1H3. The third kappa shape index (κ3) is 0.690. The van der Waals surface area contributed by atoms with Crippen molar-refractivity contribution in [2.45, 2.75) is 0 Å². The maximum absolute atomic E-state index is 12.1. The van der Waals surface area contributed by atoms with Gasteiger partial charge in [-0.15, -0.1) is 0 Å². The Kier molecular flexibility index (Phi) is 1.21. The summed E-state index contributed by atoms with van der Waals surface area (Å²) in [6, 6.07) is 0. The average Bonchev–Trinajstić information content (AvgIpc) is 1.98. The van der Waals surface area contributed by atoms with E-state index < -0.39 is 5.82 Å². The van der Waals surface area contributed by atoms with E-state index in [2.05, 4.69) is 11.3 Å². The molecule has 0 spiro atoms. The number of hydrogen-bond acceptors (Lipinski definition) is 1. The van der Waals surface area contributed by atoms with Crippen molar-refractivity contribution in [1.82, 2.24) is 9.78 Å². The predicted molar refractivity (Wildman–Crippen MR) is 27.0 cm³/mol. The second-order valence-corrected chi connectivity index (χ2v) is 1.70. The van der Waals surface area contributed by atoms with E-state index in [0.29, 0.717) is 0 Å². The third-order valence-electron chi connectivity index (χ3n) is 0.763. The highest BCUT2D eigenvalue weighted by molar-refractivity contribution is 6.29. The number of aryl methyl sites for hydroxylation is 1. The Morgan fingerprint density at radius 1 is 1.88 bits per heavy atom. The Labute approximate surface area is 50.9 Å². The molecule has 0 aliphatic rings. The van der Waals surface area contributed by atoms with Crippen LogP contribution in [-0.2, 0) is 7.05 Å². The van der Waals surface area contributed by atoms with Gasteiger partial charge in [0.05, 0.1) is 0 Å². The molecule has 0 saturated heterocycles. The molecule has 2 nitrogen and oxygen atoms in total. The molecule has 0 fully saturated rings. The van der Waals surface area contributed by atoms with E-state index in [1.165, 1.54) is 4.68 Å². The Morgan fingerprint density at radius 3 is 2.62 bits per heavy atom. The van der Waals surface area contributed by atoms with Crippen molar-refractivity contribution in [2.24, 2.45) is 7.05 Å². The summed E-state index contributed by atoms with van der Waals surface area (Å²) < 4.78 is 13.3. The number of halogens is 2. The minimum atomic E-state index is -0.603. The first-order valence-corrected chi connectivity index (χ1v) is 2.35. The monoisotopic (exact) mass is 133 g/mol. The summed E-state index contributed by atoms with van der Waals surface area (Å²) in [5, 5.41) is 3.39. The minimum Gasteiger partial charge on any atom is -0.254 e.